The van der Waals surface area contributed by atoms with Crippen LogP contribution in [0.3, 0.4) is 0 Å². The van der Waals surface area contributed by atoms with Gasteiger partial charge in [0.1, 0.15) is 12.4 Å². The largest absolute Gasteiger partial charge is 0.489 e. The van der Waals surface area contributed by atoms with Crippen LogP contribution >= 0.6 is 0 Å². The predicted molar refractivity (Wildman–Crippen MR) is 60.9 cm³/mol. The predicted octanol–water partition coefficient (Wildman–Crippen LogP) is 2.43. The molecule has 4 nitrogen and oxygen atoms in total. The molecule has 1 aromatic rings. The van der Waals surface area contributed by atoms with Gasteiger partial charge in [-0.15, -0.1) is 0 Å². The number of carbonyl (C=O) groups is 1. The Kier molecular flexibility index (Phi) is 2.99. The van der Waals surface area contributed by atoms with Gasteiger partial charge in [-0.3, -0.25) is 4.90 Å². The van der Waals surface area contributed by atoms with Gasteiger partial charge >= 0.3 is 6.09 Å². The van der Waals surface area contributed by atoms with Crippen LogP contribution < -0.4 is 9.64 Å². The summed E-state index contributed by atoms with van der Waals surface area (Å²) in [6.07, 6.45) is -0.314. The smallest absolute Gasteiger partial charge is 0.414 e. The lowest BCUT2D eigenvalue weighted by atomic mass is 10.2. The number of fused-ring (bicyclic) bond motifs is 1. The fourth-order valence-electron chi connectivity index (χ4n) is 1.77. The van der Waals surface area contributed by atoms with Crippen LogP contribution in [0.4, 0.5) is 10.5 Å². The topological polar surface area (TPSA) is 38.8 Å². The third kappa shape index (κ3) is 1.83. The van der Waals surface area contributed by atoms with Crippen molar-refractivity contribution in [3.8, 4) is 5.75 Å². The molecule has 1 aromatic carbocycles. The molecule has 0 saturated carbocycles. The number of hydrogen-bond donors (Lipinski definition) is 0. The summed E-state index contributed by atoms with van der Waals surface area (Å²) in [6, 6.07) is 7.48. The molecule has 0 bridgehead atoms. The maximum absolute atomic E-state index is 11.8. The van der Waals surface area contributed by atoms with Crippen LogP contribution in [0.5, 0.6) is 5.75 Å². The van der Waals surface area contributed by atoms with Crippen LogP contribution in [-0.2, 0) is 4.74 Å². The van der Waals surface area contributed by atoms with Crippen LogP contribution in [0, 0.1) is 0 Å². The van der Waals surface area contributed by atoms with Crippen molar-refractivity contribution < 1.29 is 14.3 Å². The third-order valence-corrected chi connectivity index (χ3v) is 2.51. The highest BCUT2D eigenvalue weighted by Crippen LogP contribution is 2.33. The van der Waals surface area contributed by atoms with Crippen molar-refractivity contribution in [1.29, 1.82) is 0 Å². The number of para-hydroxylation sites is 2. The number of hydrogen-bond acceptors (Lipinski definition) is 3. The summed E-state index contributed by atoms with van der Waals surface area (Å²) in [4.78, 5) is 13.5. The van der Waals surface area contributed by atoms with Gasteiger partial charge in [0.05, 0.1) is 18.3 Å². The molecule has 4 heteroatoms. The highest BCUT2D eigenvalue weighted by atomic mass is 16.6. The zero-order valence-corrected chi connectivity index (χ0v) is 9.47. The quantitative estimate of drug-likeness (QED) is 0.731. The molecule has 1 heterocycles. The van der Waals surface area contributed by atoms with Crippen LogP contribution in [0.25, 0.3) is 0 Å². The Bertz CT molecular complexity index is 392. The van der Waals surface area contributed by atoms with Crippen LogP contribution in [0.1, 0.15) is 13.8 Å². The van der Waals surface area contributed by atoms with E-state index in [0.717, 1.165) is 11.4 Å². The molecule has 1 amide bonds. The van der Waals surface area contributed by atoms with E-state index in [1.54, 1.807) is 11.8 Å². The highest BCUT2D eigenvalue weighted by molar-refractivity contribution is 5.90. The SMILES string of the molecule is CCOC(=O)N1c2ccccc2OCC1C. The first-order valence-electron chi connectivity index (χ1n) is 5.42. The molecule has 1 unspecified atom stereocenters. The Morgan fingerprint density at radius 3 is 3.06 bits per heavy atom. The highest BCUT2D eigenvalue weighted by Gasteiger charge is 2.30. The maximum Gasteiger partial charge on any atom is 0.414 e. The number of carbonyl (C=O) groups excluding carboxylic acids is 1. The molecule has 1 atom stereocenters. The van der Waals surface area contributed by atoms with Gasteiger partial charge in [-0.1, -0.05) is 12.1 Å². The monoisotopic (exact) mass is 221 g/mol. The minimum atomic E-state index is -0.314. The summed E-state index contributed by atoms with van der Waals surface area (Å²) >= 11 is 0. The fraction of sp³-hybridized carbons (Fsp3) is 0.417. The molecule has 0 saturated heterocycles. The Balaban J connectivity index is 2.33. The number of anilines is 1. The van der Waals surface area contributed by atoms with Crippen LogP contribution in [0.15, 0.2) is 24.3 Å². The minimum Gasteiger partial charge on any atom is -0.489 e. The van der Waals surface area contributed by atoms with E-state index >= 15 is 0 Å². The summed E-state index contributed by atoms with van der Waals surface area (Å²) < 4.78 is 10.6. The molecule has 1 aliphatic rings. The van der Waals surface area contributed by atoms with Gasteiger partial charge in [0, 0.05) is 0 Å². The lowest BCUT2D eigenvalue weighted by molar-refractivity contribution is 0.151. The van der Waals surface area contributed by atoms with E-state index < -0.39 is 0 Å². The summed E-state index contributed by atoms with van der Waals surface area (Å²) in [5.41, 5.74) is 0.778. The molecule has 1 aliphatic heterocycles. The second-order valence-electron chi connectivity index (χ2n) is 3.70. The van der Waals surface area contributed by atoms with E-state index in [9.17, 15) is 4.79 Å². The lowest BCUT2D eigenvalue weighted by Crippen LogP contribution is -2.45. The summed E-state index contributed by atoms with van der Waals surface area (Å²) in [7, 11) is 0. The maximum atomic E-state index is 11.8. The van der Waals surface area contributed by atoms with Gasteiger partial charge < -0.3 is 9.47 Å². The standard InChI is InChI=1S/C12H15NO3/c1-3-15-12(14)13-9(2)8-16-11-7-5-4-6-10(11)13/h4-7,9H,3,8H2,1-2H3. The summed E-state index contributed by atoms with van der Waals surface area (Å²) in [5, 5.41) is 0. The Morgan fingerprint density at radius 1 is 1.56 bits per heavy atom. The van der Waals surface area contributed by atoms with E-state index in [0.29, 0.717) is 13.2 Å². The Labute approximate surface area is 94.8 Å². The van der Waals surface area contributed by atoms with Crippen molar-refractivity contribution in [2.24, 2.45) is 0 Å². The van der Waals surface area contributed by atoms with Gasteiger partial charge in [-0.25, -0.2) is 4.79 Å². The lowest BCUT2D eigenvalue weighted by Gasteiger charge is -2.33. The minimum absolute atomic E-state index is 0.00560. The van der Waals surface area contributed by atoms with E-state index in [4.69, 9.17) is 9.47 Å². The van der Waals surface area contributed by atoms with Crippen LogP contribution in [0.2, 0.25) is 0 Å². The van der Waals surface area contributed by atoms with E-state index in [2.05, 4.69) is 0 Å². The van der Waals surface area contributed by atoms with Crippen molar-refractivity contribution in [2.45, 2.75) is 19.9 Å². The van der Waals surface area contributed by atoms with Gasteiger partial charge in [-0.05, 0) is 26.0 Å². The first-order chi connectivity index (χ1) is 7.74. The molecule has 0 N–H and O–H groups in total. The molecule has 16 heavy (non-hydrogen) atoms. The average molecular weight is 221 g/mol. The van der Waals surface area contributed by atoms with E-state index in [-0.39, 0.29) is 12.1 Å². The van der Waals surface area contributed by atoms with Crippen molar-refractivity contribution in [3.63, 3.8) is 0 Å². The molecular formula is C12H15NO3. The van der Waals surface area contributed by atoms with Gasteiger partial charge in [0.25, 0.3) is 0 Å². The summed E-state index contributed by atoms with van der Waals surface area (Å²) in [6.45, 7) is 4.61. The first-order valence-corrected chi connectivity index (χ1v) is 5.42. The van der Waals surface area contributed by atoms with Crippen molar-refractivity contribution in [3.05, 3.63) is 24.3 Å². The van der Waals surface area contributed by atoms with Crippen molar-refractivity contribution in [2.75, 3.05) is 18.1 Å². The number of ether oxygens (including phenoxy) is 2. The Hall–Kier alpha value is -1.71. The third-order valence-electron chi connectivity index (χ3n) is 2.51. The van der Waals surface area contributed by atoms with Crippen molar-refractivity contribution in [1.82, 2.24) is 0 Å². The Morgan fingerprint density at radius 2 is 2.31 bits per heavy atom. The fourth-order valence-corrected chi connectivity index (χ4v) is 1.77. The molecule has 0 fully saturated rings. The zero-order chi connectivity index (χ0) is 11.5. The second-order valence-corrected chi connectivity index (χ2v) is 3.70. The number of rotatable bonds is 1. The molecule has 0 spiro atoms. The first kappa shape index (κ1) is 10.8. The molecule has 0 aliphatic carbocycles. The van der Waals surface area contributed by atoms with Gasteiger partial charge in [0.2, 0.25) is 0 Å². The van der Waals surface area contributed by atoms with E-state index in [1.807, 2.05) is 31.2 Å². The zero-order valence-electron chi connectivity index (χ0n) is 9.47. The molecule has 2 rings (SSSR count). The normalized spacial score (nSPS) is 18.6. The van der Waals surface area contributed by atoms with Crippen LogP contribution in [-0.4, -0.2) is 25.3 Å². The molecule has 0 radical (unpaired) electrons. The van der Waals surface area contributed by atoms with E-state index in [1.165, 1.54) is 0 Å². The number of nitrogens with zero attached hydrogens (tertiary/aromatic N) is 1. The van der Waals surface area contributed by atoms with Crippen molar-refractivity contribution >= 4 is 11.8 Å². The molecule has 0 aromatic heterocycles. The molecular weight excluding hydrogens is 206 g/mol. The average Bonchev–Trinajstić information content (AvgIpc) is 2.29. The number of benzene rings is 1. The second kappa shape index (κ2) is 4.43. The van der Waals surface area contributed by atoms with Gasteiger partial charge in [-0.2, -0.15) is 0 Å². The number of amides is 1. The molecule has 86 valence electrons. The summed E-state index contributed by atoms with van der Waals surface area (Å²) in [5.74, 6) is 0.730. The van der Waals surface area contributed by atoms with Gasteiger partial charge in [0.15, 0.2) is 0 Å².